The van der Waals surface area contributed by atoms with Gasteiger partial charge >= 0.3 is 20.4 Å². The maximum absolute atomic E-state index is 6.56. The standard InChI is InChI=1S/C42H40N4O.Pd/c1-7-9-16-38-42(41-29(5)13-12-14-30(41)6)36(8-2)44-46(38)31-22-28(4)23-33(25-31)47-32-18-19-35-34-15-10-11-17-37(34)45(39(35)26-32)40-24-27(3)20-21-43-40;/h10-15,17-24H,7-9,16H2,1-6H3;/q-2;+2. The summed E-state index contributed by atoms with van der Waals surface area (Å²) < 4.78 is 10.8. The van der Waals surface area contributed by atoms with Crippen LogP contribution in [0, 0.1) is 39.8 Å². The molecule has 5 nitrogen and oxygen atoms in total. The molecule has 7 aromatic rings. The molecule has 0 fully saturated rings. The van der Waals surface area contributed by atoms with Crippen LogP contribution in [-0.2, 0) is 33.3 Å². The van der Waals surface area contributed by atoms with E-state index in [9.17, 15) is 0 Å². The van der Waals surface area contributed by atoms with Gasteiger partial charge in [0.05, 0.1) is 5.69 Å². The molecule has 0 atom stereocenters. The smallest absolute Gasteiger partial charge is 0.509 e. The summed E-state index contributed by atoms with van der Waals surface area (Å²) in [5.74, 6) is 2.12. The minimum atomic E-state index is 0. The zero-order valence-electron chi connectivity index (χ0n) is 28.4. The molecule has 0 radical (unpaired) electrons. The molecule has 3 heterocycles. The quantitative estimate of drug-likeness (QED) is 0.110. The van der Waals surface area contributed by atoms with E-state index in [1.807, 2.05) is 24.4 Å². The van der Waals surface area contributed by atoms with Crippen LogP contribution in [0.5, 0.6) is 11.5 Å². The minimum absolute atomic E-state index is 0. The normalized spacial score (nSPS) is 11.3. The maximum atomic E-state index is 6.56. The first-order valence-electron chi connectivity index (χ1n) is 16.6. The number of fused-ring (bicyclic) bond motifs is 3. The van der Waals surface area contributed by atoms with Gasteiger partial charge in [-0.25, -0.2) is 4.98 Å². The zero-order chi connectivity index (χ0) is 32.7. The van der Waals surface area contributed by atoms with Gasteiger partial charge in [0.2, 0.25) is 0 Å². The molecule has 0 N–H and O–H groups in total. The van der Waals surface area contributed by atoms with Gasteiger partial charge in [0.1, 0.15) is 5.82 Å². The summed E-state index contributed by atoms with van der Waals surface area (Å²) in [6.07, 6.45) is 5.84. The van der Waals surface area contributed by atoms with Gasteiger partial charge in [-0.2, -0.15) is 16.7 Å². The number of pyridine rings is 1. The Morgan fingerprint density at radius 2 is 1.54 bits per heavy atom. The minimum Gasteiger partial charge on any atom is -0.509 e. The molecule has 0 spiro atoms. The molecule has 7 rings (SSSR count). The van der Waals surface area contributed by atoms with E-state index in [4.69, 9.17) is 14.8 Å². The van der Waals surface area contributed by atoms with Crippen molar-refractivity contribution in [3.05, 3.63) is 131 Å². The van der Waals surface area contributed by atoms with Gasteiger partial charge < -0.3 is 9.30 Å². The molecule has 244 valence electrons. The second kappa shape index (κ2) is 13.9. The average molecular weight is 723 g/mol. The van der Waals surface area contributed by atoms with Crippen molar-refractivity contribution in [3.8, 4) is 34.1 Å². The van der Waals surface area contributed by atoms with Crippen molar-refractivity contribution in [1.82, 2.24) is 19.3 Å². The van der Waals surface area contributed by atoms with E-state index in [-0.39, 0.29) is 20.4 Å². The van der Waals surface area contributed by atoms with Crippen LogP contribution in [0.4, 0.5) is 0 Å². The Morgan fingerprint density at radius 3 is 2.29 bits per heavy atom. The molecule has 0 aliphatic carbocycles. The van der Waals surface area contributed by atoms with E-state index in [0.717, 1.165) is 75.8 Å². The topological polar surface area (TPSA) is 44.9 Å². The average Bonchev–Trinajstić information content (AvgIpc) is 3.58. The van der Waals surface area contributed by atoms with E-state index in [1.165, 1.54) is 27.9 Å². The summed E-state index contributed by atoms with van der Waals surface area (Å²) in [5, 5.41) is 7.49. The van der Waals surface area contributed by atoms with Crippen molar-refractivity contribution >= 4 is 21.8 Å². The van der Waals surface area contributed by atoms with Gasteiger partial charge in [0, 0.05) is 34.5 Å². The van der Waals surface area contributed by atoms with Crippen LogP contribution in [0.25, 0.3) is 44.4 Å². The van der Waals surface area contributed by atoms with Crippen molar-refractivity contribution in [2.75, 3.05) is 0 Å². The van der Waals surface area contributed by atoms with Crippen molar-refractivity contribution < 1.29 is 25.2 Å². The number of aryl methyl sites for hydroxylation is 5. The fourth-order valence-corrected chi connectivity index (χ4v) is 6.79. The molecular weight excluding hydrogens is 683 g/mol. The Hall–Kier alpha value is -4.50. The predicted molar refractivity (Wildman–Crippen MR) is 192 cm³/mol. The Balaban J connectivity index is 0.00000401. The van der Waals surface area contributed by atoms with Gasteiger partial charge in [-0.15, -0.1) is 35.7 Å². The molecular formula is C42H40N4OPd. The Kier molecular flexibility index (Phi) is 9.69. The number of nitrogens with zero attached hydrogens (tertiary/aromatic N) is 4. The van der Waals surface area contributed by atoms with Crippen molar-refractivity contribution in [2.45, 2.75) is 67.2 Å². The first-order chi connectivity index (χ1) is 22.9. The number of rotatable bonds is 9. The van der Waals surface area contributed by atoms with E-state index < -0.39 is 0 Å². The molecule has 48 heavy (non-hydrogen) atoms. The monoisotopic (exact) mass is 722 g/mol. The van der Waals surface area contributed by atoms with Gasteiger partial charge in [-0.3, -0.25) is 4.68 Å². The van der Waals surface area contributed by atoms with Crippen molar-refractivity contribution in [3.63, 3.8) is 0 Å². The third kappa shape index (κ3) is 6.12. The fourth-order valence-electron chi connectivity index (χ4n) is 6.79. The molecule has 0 aliphatic heterocycles. The van der Waals surface area contributed by atoms with Crippen LogP contribution in [0.15, 0.2) is 85.1 Å². The number of unbranched alkanes of at least 4 members (excludes halogenated alkanes) is 1. The first-order valence-corrected chi connectivity index (χ1v) is 16.6. The number of hydrogen-bond acceptors (Lipinski definition) is 3. The van der Waals surface area contributed by atoms with Crippen LogP contribution in [0.3, 0.4) is 0 Å². The molecule has 3 aromatic heterocycles. The van der Waals surface area contributed by atoms with E-state index in [0.29, 0.717) is 11.5 Å². The predicted octanol–water partition coefficient (Wildman–Crippen LogP) is 10.6. The van der Waals surface area contributed by atoms with Gasteiger partial charge in [0.25, 0.3) is 0 Å². The number of aromatic nitrogens is 4. The molecule has 0 amide bonds. The Morgan fingerprint density at radius 1 is 0.750 bits per heavy atom. The molecule has 6 heteroatoms. The number of para-hydroxylation sites is 1. The van der Waals surface area contributed by atoms with E-state index in [2.05, 4.69) is 124 Å². The summed E-state index contributed by atoms with van der Waals surface area (Å²) >= 11 is 0. The number of benzene rings is 4. The summed E-state index contributed by atoms with van der Waals surface area (Å²) in [4.78, 5) is 4.72. The van der Waals surface area contributed by atoms with Crippen LogP contribution in [0.1, 0.15) is 60.3 Å². The largest absolute Gasteiger partial charge is 2.00 e. The van der Waals surface area contributed by atoms with Gasteiger partial charge in [-0.05, 0) is 91.6 Å². The Bertz CT molecular complexity index is 2240. The zero-order valence-corrected chi connectivity index (χ0v) is 30.0. The summed E-state index contributed by atoms with van der Waals surface area (Å²) in [7, 11) is 0. The first kappa shape index (κ1) is 33.4. The van der Waals surface area contributed by atoms with Crippen molar-refractivity contribution in [2.24, 2.45) is 0 Å². The maximum Gasteiger partial charge on any atom is 2.00 e. The molecule has 0 unspecified atom stereocenters. The van der Waals surface area contributed by atoms with Crippen LogP contribution in [-0.4, -0.2) is 19.3 Å². The van der Waals surface area contributed by atoms with Crippen molar-refractivity contribution in [1.29, 1.82) is 0 Å². The van der Waals surface area contributed by atoms with Gasteiger partial charge in [0.15, 0.2) is 0 Å². The molecule has 0 aliphatic rings. The third-order valence-electron chi connectivity index (χ3n) is 9.00. The van der Waals surface area contributed by atoms with Crippen LogP contribution in [0.2, 0.25) is 0 Å². The summed E-state index contributed by atoms with van der Waals surface area (Å²) in [6, 6.07) is 34.5. The van der Waals surface area contributed by atoms with E-state index >= 15 is 0 Å². The third-order valence-corrected chi connectivity index (χ3v) is 9.00. The Labute approximate surface area is 297 Å². The molecule has 0 saturated carbocycles. The second-order valence-electron chi connectivity index (χ2n) is 12.5. The van der Waals surface area contributed by atoms with Crippen LogP contribution < -0.4 is 4.74 Å². The van der Waals surface area contributed by atoms with Crippen LogP contribution >= 0.6 is 0 Å². The van der Waals surface area contributed by atoms with Gasteiger partial charge in [-0.1, -0.05) is 69.1 Å². The van der Waals surface area contributed by atoms with E-state index in [1.54, 1.807) is 0 Å². The molecule has 0 bridgehead atoms. The number of ether oxygens (including phenoxy) is 1. The molecule has 0 saturated heterocycles. The number of hydrogen-bond donors (Lipinski definition) is 0. The second-order valence-corrected chi connectivity index (χ2v) is 12.5. The SMILES string of the molecule is CCCCc1c(-c2c(C)cccc2C)c(CC)nn1-c1[c-]c(Oc2[c-]c3c(cc2)c2ccccc2n3-c2cc(C)ccn2)cc(C)c1.[Pd+2]. The fraction of sp³-hybridized carbons (Fsp3) is 0.238. The summed E-state index contributed by atoms with van der Waals surface area (Å²) in [6.45, 7) is 13.0. The summed E-state index contributed by atoms with van der Waals surface area (Å²) in [5.41, 5.74) is 12.6. The molecule has 4 aromatic carbocycles.